The molecule has 0 aromatic heterocycles. The maximum Gasteiger partial charge on any atom is 0.230 e. The summed E-state index contributed by atoms with van der Waals surface area (Å²) in [6.07, 6.45) is 0. The Labute approximate surface area is 76.9 Å². The van der Waals surface area contributed by atoms with Crippen molar-refractivity contribution in [2.24, 2.45) is 5.73 Å². The molecule has 2 rings (SSSR count). The van der Waals surface area contributed by atoms with E-state index in [1.165, 1.54) is 0 Å². The van der Waals surface area contributed by atoms with Gasteiger partial charge in [-0.2, -0.15) is 0 Å². The van der Waals surface area contributed by atoms with Crippen LogP contribution in [0.1, 0.15) is 5.56 Å². The molecule has 0 unspecified atom stereocenters. The van der Waals surface area contributed by atoms with Crippen LogP contribution in [0.25, 0.3) is 0 Å². The summed E-state index contributed by atoms with van der Waals surface area (Å²) in [6, 6.07) is 9.69. The predicted octanol–water partition coefficient (Wildman–Crippen LogP) is 0.0129. The molecule has 0 bridgehead atoms. The molecular formula is C10H12N2O. The highest BCUT2D eigenvalue weighted by atomic mass is 16.1. The largest absolute Gasteiger partial charge is 0.369 e. The van der Waals surface area contributed by atoms with E-state index in [-0.39, 0.29) is 5.91 Å². The number of carbonyl (C=O) groups excluding carboxylic acids is 1. The zero-order valence-corrected chi connectivity index (χ0v) is 7.29. The summed E-state index contributed by atoms with van der Waals surface area (Å²) in [4.78, 5) is 11.3. The van der Waals surface area contributed by atoms with E-state index in [1.807, 2.05) is 30.3 Å². The molecule has 0 spiro atoms. The van der Waals surface area contributed by atoms with E-state index in [4.69, 9.17) is 5.73 Å². The predicted molar refractivity (Wildman–Crippen MR) is 50.2 cm³/mol. The van der Waals surface area contributed by atoms with Crippen LogP contribution in [0.2, 0.25) is 0 Å². The van der Waals surface area contributed by atoms with Gasteiger partial charge in [-0.15, -0.1) is 0 Å². The molecule has 68 valence electrons. The number of benzene rings is 1. The van der Waals surface area contributed by atoms with E-state index in [1.54, 1.807) is 0 Å². The van der Waals surface area contributed by atoms with Crippen molar-refractivity contribution in [3.05, 3.63) is 35.9 Å². The second kappa shape index (κ2) is 2.85. The number of hydrogen-bond acceptors (Lipinski definition) is 2. The quantitative estimate of drug-likeness (QED) is 0.667. The van der Waals surface area contributed by atoms with Crippen molar-refractivity contribution in [1.29, 1.82) is 0 Å². The van der Waals surface area contributed by atoms with Crippen molar-refractivity contribution in [3.63, 3.8) is 0 Å². The Balaban J connectivity index is 2.38. The molecule has 0 atom stereocenters. The molecular weight excluding hydrogens is 164 g/mol. The molecule has 3 N–H and O–H groups in total. The fraction of sp³-hybridized carbons (Fsp3) is 0.300. The standard InChI is InChI=1S/C10H12N2O/c11-9(13)10(6-12-7-10)8-4-2-1-3-5-8/h1-5,12H,6-7H2,(H2,11,13). The highest BCUT2D eigenvalue weighted by Crippen LogP contribution is 2.27. The molecule has 1 aromatic carbocycles. The third-order valence-corrected chi connectivity index (χ3v) is 2.65. The summed E-state index contributed by atoms with van der Waals surface area (Å²) < 4.78 is 0. The lowest BCUT2D eigenvalue weighted by Crippen LogP contribution is -2.63. The summed E-state index contributed by atoms with van der Waals surface area (Å²) in [5, 5.41) is 3.08. The molecule has 0 radical (unpaired) electrons. The maximum absolute atomic E-state index is 11.3. The molecule has 0 aliphatic carbocycles. The molecule has 3 heteroatoms. The Hall–Kier alpha value is -1.35. The van der Waals surface area contributed by atoms with Crippen LogP contribution in [0.5, 0.6) is 0 Å². The van der Waals surface area contributed by atoms with Crippen LogP contribution in [0, 0.1) is 0 Å². The van der Waals surface area contributed by atoms with Gasteiger partial charge in [0, 0.05) is 13.1 Å². The Morgan fingerprint density at radius 1 is 1.31 bits per heavy atom. The summed E-state index contributed by atoms with van der Waals surface area (Å²) in [5.74, 6) is -0.238. The number of primary amides is 1. The van der Waals surface area contributed by atoms with E-state index in [0.29, 0.717) is 13.1 Å². The van der Waals surface area contributed by atoms with E-state index >= 15 is 0 Å². The van der Waals surface area contributed by atoms with Gasteiger partial charge in [-0.3, -0.25) is 4.79 Å². The molecule has 3 nitrogen and oxygen atoms in total. The first kappa shape index (κ1) is 8.26. The smallest absolute Gasteiger partial charge is 0.230 e. The molecule has 1 heterocycles. The summed E-state index contributed by atoms with van der Waals surface area (Å²) in [5.41, 5.74) is 5.94. The number of hydrogen-bond donors (Lipinski definition) is 2. The van der Waals surface area contributed by atoms with Crippen molar-refractivity contribution >= 4 is 5.91 Å². The van der Waals surface area contributed by atoms with Crippen molar-refractivity contribution < 1.29 is 4.79 Å². The first-order valence-electron chi connectivity index (χ1n) is 4.32. The zero-order valence-electron chi connectivity index (χ0n) is 7.29. The van der Waals surface area contributed by atoms with Crippen molar-refractivity contribution in [2.75, 3.05) is 13.1 Å². The lowest BCUT2D eigenvalue weighted by molar-refractivity contribution is -0.125. The molecule has 1 aliphatic rings. The van der Waals surface area contributed by atoms with Crippen LogP contribution in [-0.4, -0.2) is 19.0 Å². The molecule has 13 heavy (non-hydrogen) atoms. The second-order valence-corrected chi connectivity index (χ2v) is 3.42. The molecule has 0 saturated carbocycles. The van der Waals surface area contributed by atoms with Crippen LogP contribution >= 0.6 is 0 Å². The van der Waals surface area contributed by atoms with Gasteiger partial charge in [0.05, 0.1) is 5.41 Å². The summed E-state index contributed by atoms with van der Waals surface area (Å²) in [6.45, 7) is 1.32. The second-order valence-electron chi connectivity index (χ2n) is 3.42. The molecule has 1 saturated heterocycles. The van der Waals surface area contributed by atoms with Crippen molar-refractivity contribution in [3.8, 4) is 0 Å². The average Bonchev–Trinajstić information content (AvgIpc) is 2.03. The Morgan fingerprint density at radius 2 is 1.92 bits per heavy atom. The van der Waals surface area contributed by atoms with Gasteiger partial charge in [-0.05, 0) is 5.56 Å². The van der Waals surface area contributed by atoms with Gasteiger partial charge in [0.15, 0.2) is 0 Å². The summed E-state index contributed by atoms with van der Waals surface area (Å²) in [7, 11) is 0. The molecule has 1 amide bonds. The third-order valence-electron chi connectivity index (χ3n) is 2.65. The first-order valence-corrected chi connectivity index (χ1v) is 4.32. The Bertz CT molecular complexity index is 317. The van der Waals surface area contributed by atoms with E-state index in [0.717, 1.165) is 5.56 Å². The Kier molecular flexibility index (Phi) is 1.81. The highest BCUT2D eigenvalue weighted by Gasteiger charge is 2.44. The van der Waals surface area contributed by atoms with Crippen molar-refractivity contribution in [2.45, 2.75) is 5.41 Å². The van der Waals surface area contributed by atoms with Crippen LogP contribution in [0.3, 0.4) is 0 Å². The zero-order chi connectivity index (χ0) is 9.31. The highest BCUT2D eigenvalue weighted by molar-refractivity contribution is 5.88. The Morgan fingerprint density at radius 3 is 2.31 bits per heavy atom. The lowest BCUT2D eigenvalue weighted by atomic mass is 9.75. The van der Waals surface area contributed by atoms with E-state index < -0.39 is 5.41 Å². The fourth-order valence-electron chi connectivity index (χ4n) is 1.65. The molecule has 1 aromatic rings. The average molecular weight is 176 g/mol. The van der Waals surface area contributed by atoms with Gasteiger partial charge >= 0.3 is 0 Å². The number of rotatable bonds is 2. The fourth-order valence-corrected chi connectivity index (χ4v) is 1.65. The molecule has 1 fully saturated rings. The van der Waals surface area contributed by atoms with Gasteiger partial charge in [0.2, 0.25) is 5.91 Å². The minimum Gasteiger partial charge on any atom is -0.369 e. The number of nitrogens with one attached hydrogen (secondary N) is 1. The van der Waals surface area contributed by atoms with Crippen LogP contribution in [0.4, 0.5) is 0 Å². The SMILES string of the molecule is NC(=O)C1(c2ccccc2)CNC1. The summed E-state index contributed by atoms with van der Waals surface area (Å²) >= 11 is 0. The first-order chi connectivity index (χ1) is 6.26. The normalized spacial score (nSPS) is 19.1. The van der Waals surface area contributed by atoms with Gasteiger partial charge in [0.25, 0.3) is 0 Å². The van der Waals surface area contributed by atoms with Gasteiger partial charge in [-0.25, -0.2) is 0 Å². The van der Waals surface area contributed by atoms with Crippen LogP contribution in [0.15, 0.2) is 30.3 Å². The number of nitrogens with two attached hydrogens (primary N) is 1. The minimum atomic E-state index is -0.457. The number of carbonyl (C=O) groups is 1. The van der Waals surface area contributed by atoms with Crippen LogP contribution < -0.4 is 11.1 Å². The monoisotopic (exact) mass is 176 g/mol. The van der Waals surface area contributed by atoms with Gasteiger partial charge in [-0.1, -0.05) is 30.3 Å². The van der Waals surface area contributed by atoms with Crippen LogP contribution in [-0.2, 0) is 10.2 Å². The third kappa shape index (κ3) is 1.12. The van der Waals surface area contributed by atoms with E-state index in [2.05, 4.69) is 5.32 Å². The minimum absolute atomic E-state index is 0.238. The molecule has 1 aliphatic heterocycles. The number of amides is 1. The lowest BCUT2D eigenvalue weighted by Gasteiger charge is -2.40. The van der Waals surface area contributed by atoms with Gasteiger partial charge in [0.1, 0.15) is 0 Å². The van der Waals surface area contributed by atoms with Crippen molar-refractivity contribution in [1.82, 2.24) is 5.32 Å². The van der Waals surface area contributed by atoms with E-state index in [9.17, 15) is 4.79 Å². The van der Waals surface area contributed by atoms with Gasteiger partial charge < -0.3 is 11.1 Å². The maximum atomic E-state index is 11.3. The topological polar surface area (TPSA) is 55.1 Å².